The first-order valence-corrected chi connectivity index (χ1v) is 8.94. The topological polar surface area (TPSA) is 63.2 Å². The molecule has 3 aromatic rings. The van der Waals surface area contributed by atoms with Gasteiger partial charge in [0.1, 0.15) is 5.75 Å². The van der Waals surface area contributed by atoms with Crippen LogP contribution < -0.4 is 15.4 Å². The summed E-state index contributed by atoms with van der Waals surface area (Å²) in [6.07, 6.45) is 3.24. The van der Waals surface area contributed by atoms with Gasteiger partial charge in [0.25, 0.3) is 5.91 Å². The highest BCUT2D eigenvalue weighted by atomic mass is 35.5. The van der Waals surface area contributed by atoms with Crippen LogP contribution in [0.4, 0.5) is 17.1 Å². The Kier molecular flexibility index (Phi) is 5.94. The Labute approximate surface area is 163 Å². The lowest BCUT2D eigenvalue weighted by Gasteiger charge is -2.15. The largest absolute Gasteiger partial charge is 0.489 e. The molecular weight excluding hydrogens is 362 g/mol. The number of anilines is 3. The molecule has 0 aliphatic rings. The number of aromatic nitrogens is 1. The molecule has 0 fully saturated rings. The number of hydrogen-bond donors (Lipinski definition) is 2. The smallest absolute Gasteiger partial charge is 0.257 e. The van der Waals surface area contributed by atoms with Crippen molar-refractivity contribution in [3.63, 3.8) is 0 Å². The Morgan fingerprint density at radius 2 is 1.78 bits per heavy atom. The Morgan fingerprint density at radius 1 is 1.04 bits per heavy atom. The quantitative estimate of drug-likeness (QED) is 0.590. The maximum atomic E-state index is 12.5. The van der Waals surface area contributed by atoms with E-state index < -0.39 is 0 Å². The van der Waals surface area contributed by atoms with Gasteiger partial charge in [-0.25, -0.2) is 0 Å². The summed E-state index contributed by atoms with van der Waals surface area (Å²) in [4.78, 5) is 16.6. The van der Waals surface area contributed by atoms with Crippen LogP contribution in [0.15, 0.2) is 67.0 Å². The number of nitrogens with zero attached hydrogens (tertiary/aromatic N) is 1. The molecular formula is C21H20ClN3O2. The van der Waals surface area contributed by atoms with Gasteiger partial charge in [-0.2, -0.15) is 0 Å². The number of ether oxygens (including phenoxy) is 1. The second kappa shape index (κ2) is 8.56. The molecule has 0 radical (unpaired) electrons. The first-order valence-electron chi connectivity index (χ1n) is 8.56. The van der Waals surface area contributed by atoms with Gasteiger partial charge in [0.05, 0.1) is 29.2 Å². The summed E-state index contributed by atoms with van der Waals surface area (Å²) in [7, 11) is 0. The van der Waals surface area contributed by atoms with Gasteiger partial charge < -0.3 is 15.4 Å². The van der Waals surface area contributed by atoms with E-state index in [2.05, 4.69) is 15.6 Å². The molecule has 0 aliphatic heterocycles. The Morgan fingerprint density at radius 3 is 2.52 bits per heavy atom. The molecule has 0 atom stereocenters. The first kappa shape index (κ1) is 18.7. The third-order valence-corrected chi connectivity index (χ3v) is 3.88. The Hall–Kier alpha value is -3.05. The van der Waals surface area contributed by atoms with E-state index in [0.717, 1.165) is 11.4 Å². The number of amides is 1. The maximum Gasteiger partial charge on any atom is 0.257 e. The third kappa shape index (κ3) is 5.21. The number of para-hydroxylation sites is 2. The SMILES string of the molecule is CC(C)Oc1ccccc1Nc1cncc(C(=O)Nc2ccc(Cl)cc2)c1. The summed E-state index contributed by atoms with van der Waals surface area (Å²) in [5, 5.41) is 6.70. The second-order valence-electron chi connectivity index (χ2n) is 6.21. The Bertz CT molecular complexity index is 927. The lowest BCUT2D eigenvalue weighted by atomic mass is 10.2. The van der Waals surface area contributed by atoms with E-state index in [-0.39, 0.29) is 12.0 Å². The predicted octanol–water partition coefficient (Wildman–Crippen LogP) is 5.52. The van der Waals surface area contributed by atoms with E-state index in [0.29, 0.717) is 22.0 Å². The van der Waals surface area contributed by atoms with E-state index in [1.165, 1.54) is 6.20 Å². The zero-order valence-electron chi connectivity index (χ0n) is 15.1. The number of nitrogens with one attached hydrogen (secondary N) is 2. The number of rotatable bonds is 6. The van der Waals surface area contributed by atoms with E-state index >= 15 is 0 Å². The van der Waals surface area contributed by atoms with Gasteiger partial charge in [0.2, 0.25) is 0 Å². The molecule has 27 heavy (non-hydrogen) atoms. The highest BCUT2D eigenvalue weighted by Gasteiger charge is 2.10. The molecule has 0 saturated heterocycles. The average molecular weight is 382 g/mol. The second-order valence-corrected chi connectivity index (χ2v) is 6.65. The molecule has 0 saturated carbocycles. The van der Waals surface area contributed by atoms with Crippen molar-refractivity contribution < 1.29 is 9.53 Å². The van der Waals surface area contributed by atoms with Crippen molar-refractivity contribution in [3.05, 3.63) is 77.6 Å². The van der Waals surface area contributed by atoms with Crippen LogP contribution in [0.25, 0.3) is 0 Å². The molecule has 6 heteroatoms. The summed E-state index contributed by atoms with van der Waals surface area (Å²) >= 11 is 5.87. The lowest BCUT2D eigenvalue weighted by Crippen LogP contribution is -2.12. The molecule has 2 aromatic carbocycles. The van der Waals surface area contributed by atoms with Gasteiger partial charge in [-0.1, -0.05) is 23.7 Å². The molecule has 1 amide bonds. The maximum absolute atomic E-state index is 12.5. The normalized spacial score (nSPS) is 10.5. The minimum Gasteiger partial charge on any atom is -0.489 e. The first-order chi connectivity index (χ1) is 13.0. The van der Waals surface area contributed by atoms with Crippen LogP contribution in [0.3, 0.4) is 0 Å². The van der Waals surface area contributed by atoms with E-state index in [1.54, 1.807) is 36.5 Å². The number of pyridine rings is 1. The molecule has 2 N–H and O–H groups in total. The third-order valence-electron chi connectivity index (χ3n) is 3.63. The van der Waals surface area contributed by atoms with Crippen LogP contribution in [0.2, 0.25) is 5.02 Å². The number of hydrogen-bond acceptors (Lipinski definition) is 4. The van der Waals surface area contributed by atoms with Crippen LogP contribution in [0.1, 0.15) is 24.2 Å². The highest BCUT2D eigenvalue weighted by Crippen LogP contribution is 2.28. The molecule has 1 heterocycles. The van der Waals surface area contributed by atoms with Crippen molar-refractivity contribution in [3.8, 4) is 5.75 Å². The molecule has 3 rings (SSSR count). The lowest BCUT2D eigenvalue weighted by molar-refractivity contribution is 0.102. The molecule has 0 bridgehead atoms. The fourth-order valence-corrected chi connectivity index (χ4v) is 2.58. The average Bonchev–Trinajstić information content (AvgIpc) is 2.65. The van der Waals surface area contributed by atoms with Crippen LogP contribution in [0.5, 0.6) is 5.75 Å². The van der Waals surface area contributed by atoms with E-state index in [4.69, 9.17) is 16.3 Å². The van der Waals surface area contributed by atoms with Crippen molar-refractivity contribution >= 4 is 34.6 Å². The fraction of sp³-hybridized carbons (Fsp3) is 0.143. The molecule has 0 unspecified atom stereocenters. The van der Waals surface area contributed by atoms with Crippen LogP contribution in [0, 0.1) is 0 Å². The van der Waals surface area contributed by atoms with Gasteiger partial charge in [0, 0.05) is 16.9 Å². The van der Waals surface area contributed by atoms with Crippen molar-refractivity contribution in [2.75, 3.05) is 10.6 Å². The Balaban J connectivity index is 1.76. The summed E-state index contributed by atoms with van der Waals surface area (Å²) in [5.41, 5.74) is 2.61. The predicted molar refractivity (Wildman–Crippen MR) is 109 cm³/mol. The van der Waals surface area contributed by atoms with Gasteiger partial charge >= 0.3 is 0 Å². The highest BCUT2D eigenvalue weighted by molar-refractivity contribution is 6.30. The fourth-order valence-electron chi connectivity index (χ4n) is 2.45. The molecule has 138 valence electrons. The minimum atomic E-state index is -0.250. The van der Waals surface area contributed by atoms with Crippen molar-refractivity contribution in [2.45, 2.75) is 20.0 Å². The van der Waals surface area contributed by atoms with Crippen molar-refractivity contribution in [2.24, 2.45) is 0 Å². The van der Waals surface area contributed by atoms with Gasteiger partial charge in [-0.15, -0.1) is 0 Å². The monoisotopic (exact) mass is 381 g/mol. The number of carbonyl (C=O) groups excluding carboxylic acids is 1. The van der Waals surface area contributed by atoms with Crippen molar-refractivity contribution in [1.29, 1.82) is 0 Å². The molecule has 0 spiro atoms. The van der Waals surface area contributed by atoms with Gasteiger partial charge in [-0.05, 0) is 56.3 Å². The molecule has 5 nitrogen and oxygen atoms in total. The summed E-state index contributed by atoms with van der Waals surface area (Å²) in [6.45, 7) is 3.94. The van der Waals surface area contributed by atoms with E-state index in [9.17, 15) is 4.79 Å². The van der Waals surface area contributed by atoms with Gasteiger partial charge in [0.15, 0.2) is 0 Å². The minimum absolute atomic E-state index is 0.0579. The summed E-state index contributed by atoms with van der Waals surface area (Å²) in [5.74, 6) is 0.490. The number of benzene rings is 2. The summed E-state index contributed by atoms with van der Waals surface area (Å²) < 4.78 is 5.81. The zero-order chi connectivity index (χ0) is 19.2. The number of halogens is 1. The van der Waals surface area contributed by atoms with Crippen LogP contribution in [-0.2, 0) is 0 Å². The van der Waals surface area contributed by atoms with Gasteiger partial charge in [-0.3, -0.25) is 9.78 Å². The zero-order valence-corrected chi connectivity index (χ0v) is 15.8. The standard InChI is InChI=1S/C21H20ClN3O2/c1-14(2)27-20-6-4-3-5-19(20)24-18-11-15(12-23-13-18)21(26)25-17-9-7-16(22)8-10-17/h3-14,24H,1-2H3,(H,25,26). The van der Waals surface area contributed by atoms with E-state index in [1.807, 2.05) is 38.1 Å². The molecule has 1 aromatic heterocycles. The van der Waals surface area contributed by atoms with Crippen molar-refractivity contribution in [1.82, 2.24) is 4.98 Å². The van der Waals surface area contributed by atoms with Crippen LogP contribution >= 0.6 is 11.6 Å². The van der Waals surface area contributed by atoms with Crippen LogP contribution in [-0.4, -0.2) is 17.0 Å². The number of carbonyl (C=O) groups is 1. The summed E-state index contributed by atoms with van der Waals surface area (Å²) in [6, 6.07) is 16.3. The molecule has 0 aliphatic carbocycles.